The van der Waals surface area contributed by atoms with Gasteiger partial charge in [-0.3, -0.25) is 9.59 Å². The molecule has 0 aromatic heterocycles. The van der Waals surface area contributed by atoms with Crippen LogP contribution in [0.15, 0.2) is 78.9 Å². The molecule has 0 bridgehead atoms. The number of rotatable bonds is 5. The summed E-state index contributed by atoms with van der Waals surface area (Å²) >= 11 is 0. The number of hydrogen-bond acceptors (Lipinski definition) is 2. The fraction of sp³-hybridized carbons (Fsp3) is 0.130. The topological polar surface area (TPSA) is 58.2 Å². The average Bonchev–Trinajstić information content (AvgIpc) is 3.55. The molecule has 4 rings (SSSR count). The van der Waals surface area contributed by atoms with Crippen molar-refractivity contribution in [3.05, 3.63) is 84.4 Å². The zero-order valence-corrected chi connectivity index (χ0v) is 14.8. The number of carbonyl (C=O) groups is 2. The summed E-state index contributed by atoms with van der Waals surface area (Å²) in [7, 11) is 0. The molecule has 3 aromatic rings. The second kappa shape index (κ2) is 7.46. The van der Waals surface area contributed by atoms with Gasteiger partial charge in [-0.15, -0.1) is 0 Å². The molecule has 0 atom stereocenters. The van der Waals surface area contributed by atoms with Crippen molar-refractivity contribution in [2.24, 2.45) is 5.92 Å². The molecular weight excluding hydrogens is 336 g/mol. The number of para-hydroxylation sites is 1. The molecule has 1 fully saturated rings. The highest BCUT2D eigenvalue weighted by molar-refractivity contribution is 6.07. The van der Waals surface area contributed by atoms with Crippen LogP contribution in [0, 0.1) is 5.92 Å². The molecule has 0 aliphatic heterocycles. The molecule has 0 saturated heterocycles. The molecule has 0 radical (unpaired) electrons. The summed E-state index contributed by atoms with van der Waals surface area (Å²) in [5.41, 5.74) is 3.91. The molecule has 2 N–H and O–H groups in total. The molecule has 0 heterocycles. The van der Waals surface area contributed by atoms with Gasteiger partial charge in [-0.25, -0.2) is 0 Å². The lowest BCUT2D eigenvalue weighted by Gasteiger charge is -2.12. The number of hydrogen-bond donors (Lipinski definition) is 2. The van der Waals surface area contributed by atoms with Crippen LogP contribution in [0.1, 0.15) is 23.2 Å². The largest absolute Gasteiger partial charge is 0.326 e. The molecule has 0 spiro atoms. The van der Waals surface area contributed by atoms with E-state index in [1.807, 2.05) is 54.6 Å². The first-order chi connectivity index (χ1) is 13.2. The number of nitrogens with one attached hydrogen (secondary N) is 2. The standard InChI is InChI=1S/C23H20N2O2/c26-22(17-13-14-17)24-19-10-6-9-18(15-19)23(27)25-21-12-5-4-11-20(21)16-7-2-1-3-8-16/h1-12,15,17H,13-14H2,(H,24,26)(H,25,27). The van der Waals surface area contributed by atoms with E-state index in [1.54, 1.807) is 24.3 Å². The van der Waals surface area contributed by atoms with Gasteiger partial charge in [-0.05, 0) is 42.7 Å². The van der Waals surface area contributed by atoms with Crippen LogP contribution >= 0.6 is 0 Å². The zero-order chi connectivity index (χ0) is 18.6. The first kappa shape index (κ1) is 17.0. The van der Waals surface area contributed by atoms with Gasteiger partial charge in [0.05, 0.1) is 0 Å². The van der Waals surface area contributed by atoms with E-state index in [4.69, 9.17) is 0 Å². The summed E-state index contributed by atoms with van der Waals surface area (Å²) in [5.74, 6) is -0.0527. The van der Waals surface area contributed by atoms with Crippen LogP contribution < -0.4 is 10.6 Å². The summed E-state index contributed by atoms with van der Waals surface area (Å²) < 4.78 is 0. The lowest BCUT2D eigenvalue weighted by atomic mass is 10.0. The van der Waals surface area contributed by atoms with E-state index < -0.39 is 0 Å². The van der Waals surface area contributed by atoms with Gasteiger partial charge in [-0.2, -0.15) is 0 Å². The van der Waals surface area contributed by atoms with Crippen molar-refractivity contribution in [1.82, 2.24) is 0 Å². The van der Waals surface area contributed by atoms with Gasteiger partial charge < -0.3 is 10.6 Å². The third kappa shape index (κ3) is 4.06. The SMILES string of the molecule is O=C(Nc1ccccc1-c1ccccc1)c1cccc(NC(=O)C2CC2)c1. The Morgan fingerprint density at radius 3 is 2.30 bits per heavy atom. The second-order valence-corrected chi connectivity index (χ2v) is 6.71. The molecule has 27 heavy (non-hydrogen) atoms. The van der Waals surface area contributed by atoms with Crippen LogP contribution in [0.4, 0.5) is 11.4 Å². The van der Waals surface area contributed by atoms with Crippen LogP contribution in [0.3, 0.4) is 0 Å². The first-order valence-corrected chi connectivity index (χ1v) is 9.07. The smallest absolute Gasteiger partial charge is 0.255 e. The van der Waals surface area contributed by atoms with Gasteiger partial charge in [0.1, 0.15) is 0 Å². The van der Waals surface area contributed by atoms with E-state index in [-0.39, 0.29) is 17.7 Å². The molecule has 2 amide bonds. The van der Waals surface area contributed by atoms with Crippen molar-refractivity contribution in [3.63, 3.8) is 0 Å². The average molecular weight is 356 g/mol. The van der Waals surface area contributed by atoms with Crippen LogP contribution in [-0.2, 0) is 4.79 Å². The molecule has 4 nitrogen and oxygen atoms in total. The lowest BCUT2D eigenvalue weighted by molar-refractivity contribution is -0.117. The summed E-state index contributed by atoms with van der Waals surface area (Å²) in [6.45, 7) is 0. The Labute approximate surface area is 158 Å². The number of benzene rings is 3. The Kier molecular flexibility index (Phi) is 4.71. The Hall–Kier alpha value is -3.40. The maximum Gasteiger partial charge on any atom is 0.255 e. The number of amides is 2. The zero-order valence-electron chi connectivity index (χ0n) is 14.8. The van der Waals surface area contributed by atoms with Crippen molar-refractivity contribution in [1.29, 1.82) is 0 Å². The fourth-order valence-electron chi connectivity index (χ4n) is 2.98. The molecule has 134 valence electrons. The van der Waals surface area contributed by atoms with Gasteiger partial charge in [0.25, 0.3) is 5.91 Å². The van der Waals surface area contributed by atoms with E-state index in [1.165, 1.54) is 0 Å². The summed E-state index contributed by atoms with van der Waals surface area (Å²) in [6, 6.07) is 24.7. The van der Waals surface area contributed by atoms with Gasteiger partial charge in [-0.1, -0.05) is 54.6 Å². The van der Waals surface area contributed by atoms with Gasteiger partial charge >= 0.3 is 0 Å². The minimum atomic E-state index is -0.207. The summed E-state index contributed by atoms with van der Waals surface area (Å²) in [6.07, 6.45) is 1.89. The van der Waals surface area contributed by atoms with Crippen molar-refractivity contribution in [2.45, 2.75) is 12.8 Å². The summed E-state index contributed by atoms with van der Waals surface area (Å²) in [5, 5.41) is 5.87. The Morgan fingerprint density at radius 2 is 1.52 bits per heavy atom. The lowest BCUT2D eigenvalue weighted by Crippen LogP contribution is -2.15. The van der Waals surface area contributed by atoms with Crippen molar-refractivity contribution in [2.75, 3.05) is 10.6 Å². The molecule has 1 aliphatic rings. The molecule has 3 aromatic carbocycles. The Morgan fingerprint density at radius 1 is 0.778 bits per heavy atom. The van der Waals surface area contributed by atoms with Crippen molar-refractivity contribution >= 4 is 23.2 Å². The highest BCUT2D eigenvalue weighted by Crippen LogP contribution is 2.30. The fourth-order valence-corrected chi connectivity index (χ4v) is 2.98. The predicted octanol–water partition coefficient (Wildman–Crippen LogP) is 4.95. The number of carbonyl (C=O) groups excluding carboxylic acids is 2. The van der Waals surface area contributed by atoms with E-state index in [0.717, 1.165) is 29.7 Å². The van der Waals surface area contributed by atoms with Gasteiger partial charge in [0.2, 0.25) is 5.91 Å². The maximum absolute atomic E-state index is 12.8. The molecular formula is C23H20N2O2. The maximum atomic E-state index is 12.8. The van der Waals surface area contributed by atoms with E-state index in [0.29, 0.717) is 11.3 Å². The molecule has 1 saturated carbocycles. The minimum absolute atomic E-state index is 0.0296. The minimum Gasteiger partial charge on any atom is -0.326 e. The Balaban J connectivity index is 1.54. The third-order valence-electron chi connectivity index (χ3n) is 4.60. The molecule has 1 aliphatic carbocycles. The van der Waals surface area contributed by atoms with E-state index in [9.17, 15) is 9.59 Å². The summed E-state index contributed by atoms with van der Waals surface area (Å²) in [4.78, 5) is 24.7. The van der Waals surface area contributed by atoms with Crippen LogP contribution in [-0.4, -0.2) is 11.8 Å². The van der Waals surface area contributed by atoms with E-state index in [2.05, 4.69) is 10.6 Å². The number of anilines is 2. The second-order valence-electron chi connectivity index (χ2n) is 6.71. The monoisotopic (exact) mass is 356 g/mol. The van der Waals surface area contributed by atoms with Crippen LogP contribution in [0.25, 0.3) is 11.1 Å². The Bertz CT molecular complexity index is 978. The molecule has 0 unspecified atom stereocenters. The molecule has 4 heteroatoms. The van der Waals surface area contributed by atoms with Crippen LogP contribution in [0.2, 0.25) is 0 Å². The normalized spacial score (nSPS) is 13.0. The quantitative estimate of drug-likeness (QED) is 0.679. The van der Waals surface area contributed by atoms with Crippen LogP contribution in [0.5, 0.6) is 0 Å². The third-order valence-corrected chi connectivity index (χ3v) is 4.60. The highest BCUT2D eigenvalue weighted by Gasteiger charge is 2.29. The highest BCUT2D eigenvalue weighted by atomic mass is 16.2. The van der Waals surface area contributed by atoms with Gasteiger partial charge in [0.15, 0.2) is 0 Å². The van der Waals surface area contributed by atoms with E-state index >= 15 is 0 Å². The van der Waals surface area contributed by atoms with Crippen molar-refractivity contribution < 1.29 is 9.59 Å². The van der Waals surface area contributed by atoms with Crippen molar-refractivity contribution in [3.8, 4) is 11.1 Å². The first-order valence-electron chi connectivity index (χ1n) is 9.07. The predicted molar refractivity (Wildman–Crippen MR) is 108 cm³/mol. The van der Waals surface area contributed by atoms with Gasteiger partial charge in [0, 0.05) is 28.4 Å².